The molecule has 1 saturated heterocycles. The molecule has 1 aromatic carbocycles. The Hall–Kier alpha value is -1.17. The Morgan fingerprint density at radius 2 is 2.37 bits per heavy atom. The average molecular weight is 269 g/mol. The van der Waals surface area contributed by atoms with Crippen molar-refractivity contribution >= 4 is 0 Å². The lowest BCUT2D eigenvalue weighted by molar-refractivity contribution is -0.0468. The standard InChI is InChI=1S/C14H20FNO3/c1-2-16-5-6-18-12(8-16)10-19-14-4-3-11(9-17)7-13(14)15/h3-4,7,12,17H,2,5-6,8-10H2,1H3. The number of nitrogens with zero attached hydrogens (tertiary/aromatic N) is 1. The summed E-state index contributed by atoms with van der Waals surface area (Å²) in [5, 5.41) is 8.91. The Balaban J connectivity index is 1.88. The number of ether oxygens (including phenoxy) is 2. The van der Waals surface area contributed by atoms with Crippen molar-refractivity contribution < 1.29 is 19.0 Å². The van der Waals surface area contributed by atoms with Gasteiger partial charge in [-0.2, -0.15) is 0 Å². The Morgan fingerprint density at radius 1 is 1.53 bits per heavy atom. The maximum Gasteiger partial charge on any atom is 0.165 e. The summed E-state index contributed by atoms with van der Waals surface area (Å²) in [4.78, 5) is 2.28. The molecule has 1 atom stereocenters. The predicted octanol–water partition coefficient (Wildman–Crippen LogP) is 1.42. The number of morpholine rings is 1. The van der Waals surface area contributed by atoms with Crippen LogP contribution in [0.5, 0.6) is 5.75 Å². The van der Waals surface area contributed by atoms with Gasteiger partial charge in [0.25, 0.3) is 0 Å². The summed E-state index contributed by atoms with van der Waals surface area (Å²) in [6, 6.07) is 4.48. The summed E-state index contributed by atoms with van der Waals surface area (Å²) in [6.07, 6.45) is -0.0226. The van der Waals surface area contributed by atoms with E-state index >= 15 is 0 Å². The lowest BCUT2D eigenvalue weighted by Crippen LogP contribution is -2.44. The fourth-order valence-corrected chi connectivity index (χ4v) is 2.11. The summed E-state index contributed by atoms with van der Waals surface area (Å²) in [5.41, 5.74) is 0.538. The fourth-order valence-electron chi connectivity index (χ4n) is 2.11. The summed E-state index contributed by atoms with van der Waals surface area (Å²) in [7, 11) is 0. The molecule has 4 nitrogen and oxygen atoms in total. The number of hydrogen-bond donors (Lipinski definition) is 1. The van der Waals surface area contributed by atoms with Crippen LogP contribution in [0, 0.1) is 5.82 Å². The topological polar surface area (TPSA) is 41.9 Å². The van der Waals surface area contributed by atoms with Crippen LogP contribution in [-0.2, 0) is 11.3 Å². The van der Waals surface area contributed by atoms with E-state index in [1.165, 1.54) is 6.07 Å². The molecule has 1 aromatic rings. The predicted molar refractivity (Wildman–Crippen MR) is 69.7 cm³/mol. The molecule has 0 radical (unpaired) electrons. The Kier molecular flexibility index (Phi) is 5.13. The highest BCUT2D eigenvalue weighted by Gasteiger charge is 2.20. The number of hydrogen-bond acceptors (Lipinski definition) is 4. The first kappa shape index (κ1) is 14.2. The van der Waals surface area contributed by atoms with Crippen LogP contribution in [0.4, 0.5) is 4.39 Å². The van der Waals surface area contributed by atoms with Gasteiger partial charge in [0.1, 0.15) is 12.7 Å². The number of aliphatic hydroxyl groups is 1. The van der Waals surface area contributed by atoms with Gasteiger partial charge in [-0.15, -0.1) is 0 Å². The highest BCUT2D eigenvalue weighted by atomic mass is 19.1. The van der Waals surface area contributed by atoms with E-state index in [1.807, 2.05) is 0 Å². The van der Waals surface area contributed by atoms with Gasteiger partial charge in [-0.25, -0.2) is 4.39 Å². The van der Waals surface area contributed by atoms with Crippen LogP contribution < -0.4 is 4.74 Å². The second kappa shape index (κ2) is 6.84. The summed E-state index contributed by atoms with van der Waals surface area (Å²) in [6.45, 7) is 5.70. The average Bonchev–Trinajstić information content (AvgIpc) is 2.46. The van der Waals surface area contributed by atoms with Gasteiger partial charge in [0.15, 0.2) is 11.6 Å². The molecule has 0 spiro atoms. The van der Waals surface area contributed by atoms with E-state index in [0.29, 0.717) is 18.8 Å². The van der Waals surface area contributed by atoms with E-state index in [0.717, 1.165) is 19.6 Å². The molecule has 19 heavy (non-hydrogen) atoms. The van der Waals surface area contributed by atoms with E-state index < -0.39 is 5.82 Å². The number of benzene rings is 1. The number of rotatable bonds is 5. The lowest BCUT2D eigenvalue weighted by atomic mass is 10.2. The highest BCUT2D eigenvalue weighted by Crippen LogP contribution is 2.19. The van der Waals surface area contributed by atoms with Crippen molar-refractivity contribution in [3.63, 3.8) is 0 Å². The van der Waals surface area contributed by atoms with Crippen molar-refractivity contribution in [3.05, 3.63) is 29.6 Å². The molecule has 1 aliphatic rings. The Labute approximate surface area is 112 Å². The molecule has 0 bridgehead atoms. The van der Waals surface area contributed by atoms with Crippen LogP contribution in [0.3, 0.4) is 0 Å². The zero-order valence-corrected chi connectivity index (χ0v) is 11.1. The fraction of sp³-hybridized carbons (Fsp3) is 0.571. The van der Waals surface area contributed by atoms with Gasteiger partial charge in [-0.05, 0) is 24.2 Å². The second-order valence-electron chi connectivity index (χ2n) is 4.62. The Morgan fingerprint density at radius 3 is 3.05 bits per heavy atom. The van der Waals surface area contributed by atoms with Gasteiger partial charge in [-0.3, -0.25) is 4.90 Å². The molecular weight excluding hydrogens is 249 g/mol. The molecule has 0 saturated carbocycles. The third-order valence-electron chi connectivity index (χ3n) is 3.27. The normalized spacial score (nSPS) is 20.5. The van der Waals surface area contributed by atoms with Crippen molar-refractivity contribution in [1.82, 2.24) is 4.90 Å². The van der Waals surface area contributed by atoms with Gasteiger partial charge in [-0.1, -0.05) is 13.0 Å². The molecule has 1 heterocycles. The molecule has 5 heteroatoms. The quantitative estimate of drug-likeness (QED) is 0.878. The largest absolute Gasteiger partial charge is 0.488 e. The SMILES string of the molecule is CCN1CCOC(COc2ccc(CO)cc2F)C1. The molecule has 1 aliphatic heterocycles. The van der Waals surface area contributed by atoms with Gasteiger partial charge in [0.05, 0.1) is 13.2 Å². The van der Waals surface area contributed by atoms with Crippen LogP contribution in [0.1, 0.15) is 12.5 Å². The minimum atomic E-state index is -0.449. The molecule has 0 amide bonds. The van der Waals surface area contributed by atoms with Gasteiger partial charge < -0.3 is 14.6 Å². The minimum absolute atomic E-state index is 0.0226. The van der Waals surface area contributed by atoms with E-state index in [4.69, 9.17) is 14.6 Å². The third kappa shape index (κ3) is 3.89. The van der Waals surface area contributed by atoms with Crippen molar-refractivity contribution in [2.45, 2.75) is 19.6 Å². The maximum atomic E-state index is 13.6. The zero-order chi connectivity index (χ0) is 13.7. The summed E-state index contributed by atoms with van der Waals surface area (Å²) in [5.74, 6) is -0.246. The number of halogens is 1. The van der Waals surface area contributed by atoms with Crippen LogP contribution in [0.2, 0.25) is 0 Å². The molecule has 1 fully saturated rings. The molecule has 0 aromatic heterocycles. The zero-order valence-electron chi connectivity index (χ0n) is 11.1. The second-order valence-corrected chi connectivity index (χ2v) is 4.62. The van der Waals surface area contributed by atoms with Crippen molar-refractivity contribution in [2.75, 3.05) is 32.8 Å². The van der Waals surface area contributed by atoms with E-state index in [-0.39, 0.29) is 18.5 Å². The lowest BCUT2D eigenvalue weighted by Gasteiger charge is -2.31. The molecule has 1 unspecified atom stereocenters. The van der Waals surface area contributed by atoms with Crippen molar-refractivity contribution in [2.24, 2.45) is 0 Å². The molecule has 1 N–H and O–H groups in total. The van der Waals surface area contributed by atoms with Crippen LogP contribution in [0.15, 0.2) is 18.2 Å². The molecule has 106 valence electrons. The van der Waals surface area contributed by atoms with Crippen LogP contribution in [0.25, 0.3) is 0 Å². The smallest absolute Gasteiger partial charge is 0.165 e. The van der Waals surface area contributed by atoms with E-state index in [1.54, 1.807) is 12.1 Å². The highest BCUT2D eigenvalue weighted by molar-refractivity contribution is 5.29. The van der Waals surface area contributed by atoms with E-state index in [2.05, 4.69) is 11.8 Å². The number of aliphatic hydroxyl groups excluding tert-OH is 1. The maximum absolute atomic E-state index is 13.6. The molecule has 2 rings (SSSR count). The molecular formula is C14H20FNO3. The van der Waals surface area contributed by atoms with Crippen LogP contribution in [-0.4, -0.2) is 49.0 Å². The van der Waals surface area contributed by atoms with Gasteiger partial charge in [0, 0.05) is 13.1 Å². The van der Waals surface area contributed by atoms with Crippen LogP contribution >= 0.6 is 0 Å². The first-order valence-corrected chi connectivity index (χ1v) is 6.59. The van der Waals surface area contributed by atoms with Gasteiger partial charge in [0.2, 0.25) is 0 Å². The number of likely N-dealkylation sites (N-methyl/N-ethyl adjacent to an activating group) is 1. The van der Waals surface area contributed by atoms with Gasteiger partial charge >= 0.3 is 0 Å². The van der Waals surface area contributed by atoms with Crippen molar-refractivity contribution in [1.29, 1.82) is 0 Å². The first-order valence-electron chi connectivity index (χ1n) is 6.59. The first-order chi connectivity index (χ1) is 9.22. The van der Waals surface area contributed by atoms with Crippen molar-refractivity contribution in [3.8, 4) is 5.75 Å². The Bertz CT molecular complexity index is 414. The summed E-state index contributed by atoms with van der Waals surface area (Å²) >= 11 is 0. The third-order valence-corrected chi connectivity index (χ3v) is 3.27. The summed E-state index contributed by atoms with van der Waals surface area (Å²) < 4.78 is 24.7. The molecule has 0 aliphatic carbocycles. The minimum Gasteiger partial charge on any atom is -0.488 e. The van der Waals surface area contributed by atoms with E-state index in [9.17, 15) is 4.39 Å². The monoisotopic (exact) mass is 269 g/mol.